The molecule has 3 nitrogen and oxygen atoms in total. The van der Waals surface area contributed by atoms with Gasteiger partial charge in [0.25, 0.3) is 0 Å². The first-order valence-corrected chi connectivity index (χ1v) is 16.4. The molecule has 0 aliphatic carbocycles. The van der Waals surface area contributed by atoms with E-state index in [4.69, 9.17) is 9.47 Å². The van der Waals surface area contributed by atoms with Crippen molar-refractivity contribution in [1.82, 2.24) is 5.32 Å². The topological polar surface area (TPSA) is 30.5 Å². The average molecular weight is 540 g/mol. The van der Waals surface area contributed by atoms with Crippen LogP contribution in [0.25, 0.3) is 0 Å². The predicted octanol–water partition coefficient (Wildman–Crippen LogP) is 10.6. The molecule has 1 heterocycles. The number of dihydropyridines is 1. The zero-order valence-electron chi connectivity index (χ0n) is 26.7. The summed E-state index contributed by atoms with van der Waals surface area (Å²) in [7, 11) is 1.81. The minimum Gasteiger partial charge on any atom is -0.494 e. The fraction of sp³-hybridized carbons (Fsp3) is 0.722. The van der Waals surface area contributed by atoms with E-state index in [0.29, 0.717) is 12.5 Å². The number of allylic oxidation sites excluding steroid dienone is 3. The number of ether oxygens (including phenoxy) is 2. The molecule has 0 saturated carbocycles. The van der Waals surface area contributed by atoms with Crippen molar-refractivity contribution in [2.75, 3.05) is 20.3 Å². The number of hydrogen-bond acceptors (Lipinski definition) is 3. The van der Waals surface area contributed by atoms with Crippen LogP contribution in [-0.4, -0.2) is 20.3 Å². The van der Waals surface area contributed by atoms with Crippen LogP contribution in [0, 0.1) is 5.92 Å². The fourth-order valence-electron chi connectivity index (χ4n) is 6.44. The molecule has 1 aliphatic rings. The molecule has 1 N–H and O–H groups in total. The van der Waals surface area contributed by atoms with Crippen LogP contribution in [-0.2, 0) is 11.2 Å². The smallest absolute Gasteiger partial charge is 0.123 e. The summed E-state index contributed by atoms with van der Waals surface area (Å²) in [6.45, 7) is 15.0. The highest BCUT2D eigenvalue weighted by Crippen LogP contribution is 2.47. The van der Waals surface area contributed by atoms with E-state index < -0.39 is 0 Å². The van der Waals surface area contributed by atoms with Gasteiger partial charge < -0.3 is 14.8 Å². The second kappa shape index (κ2) is 19.4. The van der Waals surface area contributed by atoms with E-state index in [1.54, 1.807) is 7.11 Å². The van der Waals surface area contributed by atoms with E-state index in [9.17, 15) is 0 Å². The maximum Gasteiger partial charge on any atom is 0.123 e. The van der Waals surface area contributed by atoms with Crippen molar-refractivity contribution in [2.24, 2.45) is 5.92 Å². The second-order valence-corrected chi connectivity index (χ2v) is 11.9. The Kier molecular flexibility index (Phi) is 16.6. The monoisotopic (exact) mass is 539 g/mol. The zero-order chi connectivity index (χ0) is 28.5. The Morgan fingerprint density at radius 2 is 1.36 bits per heavy atom. The number of methoxy groups -OCH3 is 1. The van der Waals surface area contributed by atoms with Crippen LogP contribution in [0.3, 0.4) is 0 Å². The minimum atomic E-state index is 0.251. The number of aryl methyl sites for hydroxylation is 1. The maximum absolute atomic E-state index is 6.30. The van der Waals surface area contributed by atoms with Gasteiger partial charge in [-0.1, -0.05) is 110 Å². The van der Waals surface area contributed by atoms with Gasteiger partial charge in [0.2, 0.25) is 0 Å². The molecule has 0 radical (unpaired) electrons. The van der Waals surface area contributed by atoms with E-state index in [1.165, 1.54) is 117 Å². The van der Waals surface area contributed by atoms with Gasteiger partial charge in [0.05, 0.1) is 13.2 Å². The molecule has 1 unspecified atom stereocenters. The molecule has 2 rings (SSSR count). The van der Waals surface area contributed by atoms with Crippen LogP contribution in [0.2, 0.25) is 0 Å². The molecule has 0 bridgehead atoms. The Hall–Kier alpha value is -1.74. The van der Waals surface area contributed by atoms with E-state index in [2.05, 4.69) is 65.1 Å². The van der Waals surface area contributed by atoms with Crippen LogP contribution < -0.4 is 10.1 Å². The van der Waals surface area contributed by atoms with E-state index in [1.807, 2.05) is 0 Å². The molecule has 3 heteroatoms. The summed E-state index contributed by atoms with van der Waals surface area (Å²) in [5, 5.41) is 3.70. The molecule has 0 saturated heterocycles. The number of rotatable bonds is 21. The first kappa shape index (κ1) is 33.5. The normalized spacial score (nSPS) is 15.8. The summed E-state index contributed by atoms with van der Waals surface area (Å²) in [4.78, 5) is 0. The largest absolute Gasteiger partial charge is 0.494 e. The van der Waals surface area contributed by atoms with Crippen molar-refractivity contribution in [3.8, 4) is 5.75 Å². The third-order valence-corrected chi connectivity index (χ3v) is 8.44. The van der Waals surface area contributed by atoms with Crippen LogP contribution in [0.15, 0.2) is 40.7 Å². The fourth-order valence-corrected chi connectivity index (χ4v) is 6.44. The van der Waals surface area contributed by atoms with Crippen molar-refractivity contribution >= 4 is 0 Å². The molecule has 0 fully saturated rings. The molecule has 0 aromatic heterocycles. The minimum absolute atomic E-state index is 0.251. The molecule has 222 valence electrons. The lowest BCUT2D eigenvalue weighted by Crippen LogP contribution is -2.28. The highest BCUT2D eigenvalue weighted by atomic mass is 16.5. The molecule has 1 atom stereocenters. The molecular formula is C36H61NO2. The van der Waals surface area contributed by atoms with Gasteiger partial charge in [-0.25, -0.2) is 0 Å². The Balaban J connectivity index is 2.04. The lowest BCUT2D eigenvalue weighted by Gasteiger charge is -2.36. The quantitative estimate of drug-likeness (QED) is 0.158. The SMILES string of the molecule is CCCCCCCCCCCCCCCc1cccc(OCC)c1C1C(CCOC)=C(C)NC(C)=C1C(C)C. The van der Waals surface area contributed by atoms with Crippen LogP contribution >= 0.6 is 0 Å². The van der Waals surface area contributed by atoms with Gasteiger partial charge in [-0.05, 0) is 68.7 Å². The van der Waals surface area contributed by atoms with E-state index >= 15 is 0 Å². The van der Waals surface area contributed by atoms with Gasteiger partial charge >= 0.3 is 0 Å². The van der Waals surface area contributed by atoms with Gasteiger partial charge in [0, 0.05) is 30.0 Å². The summed E-state index contributed by atoms with van der Waals surface area (Å²) in [5.41, 5.74) is 8.37. The van der Waals surface area contributed by atoms with Gasteiger partial charge in [-0.2, -0.15) is 0 Å². The van der Waals surface area contributed by atoms with Gasteiger partial charge in [0.1, 0.15) is 5.75 Å². The number of benzene rings is 1. The maximum atomic E-state index is 6.30. The highest BCUT2D eigenvalue weighted by molar-refractivity contribution is 5.54. The van der Waals surface area contributed by atoms with Crippen molar-refractivity contribution in [2.45, 2.75) is 144 Å². The predicted molar refractivity (Wildman–Crippen MR) is 170 cm³/mol. The van der Waals surface area contributed by atoms with Crippen molar-refractivity contribution in [1.29, 1.82) is 0 Å². The van der Waals surface area contributed by atoms with E-state index in [0.717, 1.165) is 25.2 Å². The van der Waals surface area contributed by atoms with Crippen LogP contribution in [0.5, 0.6) is 5.75 Å². The standard InChI is InChI=1S/C36H61NO2/c1-8-10-11-12-13-14-15-16-17-18-19-20-21-23-31-24-22-25-33(39-9-2)35(31)36-32(26-27-38-7)29(5)37-30(6)34(36)28(3)4/h22,24-25,28,36-37H,8-21,23,26-27H2,1-7H3. The average Bonchev–Trinajstić information content (AvgIpc) is 2.90. The van der Waals surface area contributed by atoms with Gasteiger partial charge in [0.15, 0.2) is 0 Å². The lowest BCUT2D eigenvalue weighted by molar-refractivity contribution is 0.200. The Morgan fingerprint density at radius 1 is 0.769 bits per heavy atom. The van der Waals surface area contributed by atoms with Crippen molar-refractivity contribution < 1.29 is 9.47 Å². The van der Waals surface area contributed by atoms with Crippen molar-refractivity contribution in [3.05, 3.63) is 51.9 Å². The summed E-state index contributed by atoms with van der Waals surface area (Å²) >= 11 is 0. The third-order valence-electron chi connectivity index (χ3n) is 8.44. The molecule has 39 heavy (non-hydrogen) atoms. The van der Waals surface area contributed by atoms with Crippen LogP contribution in [0.4, 0.5) is 0 Å². The number of unbranched alkanes of at least 4 members (excludes halogenated alkanes) is 12. The zero-order valence-corrected chi connectivity index (χ0v) is 26.7. The molecular weight excluding hydrogens is 478 g/mol. The summed E-state index contributed by atoms with van der Waals surface area (Å²) < 4.78 is 11.9. The summed E-state index contributed by atoms with van der Waals surface area (Å²) in [5.74, 6) is 1.76. The summed E-state index contributed by atoms with van der Waals surface area (Å²) in [6, 6.07) is 6.74. The van der Waals surface area contributed by atoms with E-state index in [-0.39, 0.29) is 5.92 Å². The Bertz CT molecular complexity index is 882. The molecule has 1 aromatic rings. The first-order chi connectivity index (χ1) is 19.0. The summed E-state index contributed by atoms with van der Waals surface area (Å²) in [6.07, 6.45) is 20.1. The molecule has 1 aromatic carbocycles. The molecule has 1 aliphatic heterocycles. The van der Waals surface area contributed by atoms with Gasteiger partial charge in [-0.15, -0.1) is 0 Å². The lowest BCUT2D eigenvalue weighted by atomic mass is 9.73. The first-order valence-electron chi connectivity index (χ1n) is 16.4. The number of hydrogen-bond donors (Lipinski definition) is 1. The highest BCUT2D eigenvalue weighted by Gasteiger charge is 2.33. The number of nitrogens with one attached hydrogen (secondary N) is 1. The second-order valence-electron chi connectivity index (χ2n) is 11.9. The third kappa shape index (κ3) is 11.0. The van der Waals surface area contributed by atoms with Gasteiger partial charge in [-0.3, -0.25) is 0 Å². The Labute approximate surface area is 242 Å². The molecule has 0 spiro atoms. The van der Waals surface area contributed by atoms with Crippen molar-refractivity contribution in [3.63, 3.8) is 0 Å². The Morgan fingerprint density at radius 3 is 1.90 bits per heavy atom. The van der Waals surface area contributed by atoms with Crippen LogP contribution in [0.1, 0.15) is 148 Å². The molecule has 0 amide bonds.